The first kappa shape index (κ1) is 18.3. The molecule has 0 spiro atoms. The Bertz CT molecular complexity index is 716. The number of aromatic nitrogens is 1. The van der Waals surface area contributed by atoms with Crippen LogP contribution in [0.2, 0.25) is 0 Å². The summed E-state index contributed by atoms with van der Waals surface area (Å²) < 4.78 is 5.42. The minimum Gasteiger partial charge on any atom is -0.496 e. The number of nitrogens with one attached hydrogen (secondary N) is 1. The van der Waals surface area contributed by atoms with E-state index in [4.69, 9.17) is 4.74 Å². The fraction of sp³-hybridized carbons (Fsp3) is 0.368. The van der Waals surface area contributed by atoms with Crippen molar-refractivity contribution < 1.29 is 9.53 Å². The summed E-state index contributed by atoms with van der Waals surface area (Å²) in [6.07, 6.45) is 1.72. The third-order valence-electron chi connectivity index (χ3n) is 3.56. The van der Waals surface area contributed by atoms with Gasteiger partial charge in [0.15, 0.2) is 0 Å². The van der Waals surface area contributed by atoms with Gasteiger partial charge in [0, 0.05) is 17.0 Å². The first-order chi connectivity index (χ1) is 11.4. The summed E-state index contributed by atoms with van der Waals surface area (Å²) in [4.78, 5) is 17.1. The van der Waals surface area contributed by atoms with Gasteiger partial charge in [-0.05, 0) is 32.0 Å². The Balaban J connectivity index is 2.22. The number of rotatable bonds is 6. The highest BCUT2D eigenvalue weighted by atomic mass is 32.2. The summed E-state index contributed by atoms with van der Waals surface area (Å²) in [5.74, 6) is 0.652. The number of hydrogen-bond donors (Lipinski definition) is 1. The van der Waals surface area contributed by atoms with Crippen LogP contribution in [-0.4, -0.2) is 23.3 Å². The van der Waals surface area contributed by atoms with Crippen molar-refractivity contribution in [1.29, 1.82) is 0 Å². The van der Waals surface area contributed by atoms with Crippen LogP contribution in [0.3, 0.4) is 0 Å². The van der Waals surface area contributed by atoms with Crippen molar-refractivity contribution in [2.45, 2.75) is 44.0 Å². The lowest BCUT2D eigenvalue weighted by atomic mass is 10.0. The van der Waals surface area contributed by atoms with Gasteiger partial charge in [-0.15, -0.1) is 11.8 Å². The molecule has 0 radical (unpaired) electrons. The number of thioether (sulfide) groups is 1. The monoisotopic (exact) mass is 344 g/mol. The molecule has 2 rings (SSSR count). The standard InChI is InChI=1S/C19H24N2O2S/c1-12(2)24-19-15(7-6-10-20-19)18(22)21-14(4)16-11-13(3)8-9-17(16)23-5/h6-12,14H,1-5H3,(H,21,22)/t14-/m1/s1. The lowest BCUT2D eigenvalue weighted by molar-refractivity contribution is 0.0936. The molecule has 1 N–H and O–H groups in total. The number of carbonyl (C=O) groups excluding carboxylic acids is 1. The molecule has 24 heavy (non-hydrogen) atoms. The van der Waals surface area contributed by atoms with E-state index in [9.17, 15) is 4.79 Å². The molecule has 0 aliphatic rings. The smallest absolute Gasteiger partial charge is 0.254 e. The molecule has 1 heterocycles. The molecule has 0 fully saturated rings. The number of pyridine rings is 1. The molecule has 0 aliphatic carbocycles. The summed E-state index contributed by atoms with van der Waals surface area (Å²) >= 11 is 1.59. The Hall–Kier alpha value is -2.01. The van der Waals surface area contributed by atoms with Gasteiger partial charge in [0.25, 0.3) is 5.91 Å². The number of carbonyl (C=O) groups is 1. The van der Waals surface area contributed by atoms with Crippen molar-refractivity contribution in [3.05, 3.63) is 53.2 Å². The third kappa shape index (κ3) is 4.51. The summed E-state index contributed by atoms with van der Waals surface area (Å²) in [5.41, 5.74) is 2.70. The van der Waals surface area contributed by atoms with E-state index in [-0.39, 0.29) is 11.9 Å². The molecule has 0 aliphatic heterocycles. The van der Waals surface area contributed by atoms with E-state index in [0.717, 1.165) is 21.9 Å². The Morgan fingerprint density at radius 1 is 1.25 bits per heavy atom. The second-order valence-corrected chi connectivity index (χ2v) is 7.53. The van der Waals surface area contributed by atoms with E-state index in [1.807, 2.05) is 38.1 Å². The Kier molecular flexibility index (Phi) is 6.26. The SMILES string of the molecule is COc1ccc(C)cc1[C@@H](C)NC(=O)c1cccnc1SC(C)C. The predicted molar refractivity (Wildman–Crippen MR) is 98.8 cm³/mol. The quantitative estimate of drug-likeness (QED) is 0.790. The molecule has 0 unspecified atom stereocenters. The minimum atomic E-state index is -0.163. The normalized spacial score (nSPS) is 12.1. The second-order valence-electron chi connectivity index (χ2n) is 5.96. The van der Waals surface area contributed by atoms with E-state index >= 15 is 0 Å². The zero-order valence-electron chi connectivity index (χ0n) is 14.8. The number of benzene rings is 1. The molecular formula is C19H24N2O2S. The molecule has 0 saturated carbocycles. The van der Waals surface area contributed by atoms with Gasteiger partial charge in [-0.2, -0.15) is 0 Å². The molecule has 0 saturated heterocycles. The van der Waals surface area contributed by atoms with Gasteiger partial charge in [-0.25, -0.2) is 4.98 Å². The van der Waals surface area contributed by atoms with Gasteiger partial charge >= 0.3 is 0 Å². The van der Waals surface area contributed by atoms with Crippen molar-refractivity contribution >= 4 is 17.7 Å². The molecule has 128 valence electrons. The lowest BCUT2D eigenvalue weighted by Crippen LogP contribution is -2.27. The Labute approximate surface area is 148 Å². The molecule has 1 amide bonds. The van der Waals surface area contributed by atoms with Gasteiger partial charge < -0.3 is 10.1 Å². The molecule has 1 aromatic heterocycles. The second kappa shape index (κ2) is 8.20. The van der Waals surface area contributed by atoms with Crippen LogP contribution in [0, 0.1) is 6.92 Å². The van der Waals surface area contributed by atoms with Crippen molar-refractivity contribution in [3.63, 3.8) is 0 Å². The van der Waals surface area contributed by atoms with E-state index in [2.05, 4.69) is 24.1 Å². The molecular weight excluding hydrogens is 320 g/mol. The van der Waals surface area contributed by atoms with Gasteiger partial charge in [0.1, 0.15) is 10.8 Å². The average Bonchev–Trinajstić information content (AvgIpc) is 2.54. The highest BCUT2D eigenvalue weighted by Gasteiger charge is 2.18. The lowest BCUT2D eigenvalue weighted by Gasteiger charge is -2.19. The van der Waals surface area contributed by atoms with Crippen molar-refractivity contribution in [2.75, 3.05) is 7.11 Å². The summed E-state index contributed by atoms with van der Waals surface area (Å²) in [5, 5.41) is 4.18. The van der Waals surface area contributed by atoms with Crippen molar-refractivity contribution in [2.24, 2.45) is 0 Å². The molecule has 5 heteroatoms. The van der Waals surface area contributed by atoms with Gasteiger partial charge in [-0.1, -0.05) is 31.5 Å². The number of methoxy groups -OCH3 is 1. The summed E-state index contributed by atoms with van der Waals surface area (Å²) in [6.45, 7) is 8.15. The first-order valence-electron chi connectivity index (χ1n) is 7.99. The van der Waals surface area contributed by atoms with E-state index in [1.165, 1.54) is 0 Å². The number of ether oxygens (including phenoxy) is 1. The minimum absolute atomic E-state index is 0.123. The van der Waals surface area contributed by atoms with E-state index < -0.39 is 0 Å². The van der Waals surface area contributed by atoms with E-state index in [1.54, 1.807) is 31.1 Å². The topological polar surface area (TPSA) is 51.2 Å². The van der Waals surface area contributed by atoms with Crippen LogP contribution in [0.15, 0.2) is 41.6 Å². The maximum absolute atomic E-state index is 12.7. The largest absolute Gasteiger partial charge is 0.496 e. The van der Waals surface area contributed by atoms with Crippen LogP contribution in [-0.2, 0) is 0 Å². The van der Waals surface area contributed by atoms with Gasteiger partial charge in [0.2, 0.25) is 0 Å². The highest BCUT2D eigenvalue weighted by Crippen LogP contribution is 2.28. The first-order valence-corrected chi connectivity index (χ1v) is 8.87. The predicted octanol–water partition coefficient (Wildman–Crippen LogP) is 4.39. The van der Waals surface area contributed by atoms with Crippen LogP contribution in [0.4, 0.5) is 0 Å². The Morgan fingerprint density at radius 3 is 2.67 bits per heavy atom. The van der Waals surface area contributed by atoms with Gasteiger partial charge in [0.05, 0.1) is 18.7 Å². The van der Waals surface area contributed by atoms with Crippen LogP contribution < -0.4 is 10.1 Å². The highest BCUT2D eigenvalue weighted by molar-refractivity contribution is 7.99. The van der Waals surface area contributed by atoms with Crippen LogP contribution in [0.5, 0.6) is 5.75 Å². The number of aryl methyl sites for hydroxylation is 1. The third-order valence-corrected chi connectivity index (χ3v) is 4.58. The van der Waals surface area contributed by atoms with Crippen LogP contribution >= 0.6 is 11.8 Å². The maximum Gasteiger partial charge on any atom is 0.254 e. The van der Waals surface area contributed by atoms with Gasteiger partial charge in [-0.3, -0.25) is 4.79 Å². The maximum atomic E-state index is 12.7. The Morgan fingerprint density at radius 2 is 2.00 bits per heavy atom. The molecule has 0 bridgehead atoms. The summed E-state index contributed by atoms with van der Waals surface area (Å²) in [6, 6.07) is 9.40. The zero-order chi connectivity index (χ0) is 17.7. The fourth-order valence-corrected chi connectivity index (χ4v) is 3.28. The average molecular weight is 344 g/mol. The fourth-order valence-electron chi connectivity index (χ4n) is 2.43. The number of hydrogen-bond acceptors (Lipinski definition) is 4. The zero-order valence-corrected chi connectivity index (χ0v) is 15.6. The molecule has 1 atom stereocenters. The van der Waals surface area contributed by atoms with Crippen LogP contribution in [0.25, 0.3) is 0 Å². The molecule has 4 nitrogen and oxygen atoms in total. The van der Waals surface area contributed by atoms with E-state index in [0.29, 0.717) is 10.8 Å². The van der Waals surface area contributed by atoms with Crippen molar-refractivity contribution in [3.8, 4) is 5.75 Å². The number of amides is 1. The van der Waals surface area contributed by atoms with Crippen molar-refractivity contribution in [1.82, 2.24) is 10.3 Å². The van der Waals surface area contributed by atoms with Crippen LogP contribution in [0.1, 0.15) is 48.3 Å². The molecule has 2 aromatic rings. The molecule has 1 aromatic carbocycles. The summed E-state index contributed by atoms with van der Waals surface area (Å²) in [7, 11) is 1.64. The number of nitrogens with zero attached hydrogens (tertiary/aromatic N) is 1.